The van der Waals surface area contributed by atoms with E-state index < -0.39 is 11.6 Å². The fourth-order valence-electron chi connectivity index (χ4n) is 2.84. The average molecular weight is 263 g/mol. The van der Waals surface area contributed by atoms with Crippen LogP contribution in [0.15, 0.2) is 30.3 Å². The molecule has 0 aliphatic carbocycles. The molecule has 104 valence electrons. The van der Waals surface area contributed by atoms with Crippen LogP contribution in [0.2, 0.25) is 0 Å². The molecule has 1 aromatic carbocycles. The number of rotatable bonds is 4. The van der Waals surface area contributed by atoms with Gasteiger partial charge in [-0.2, -0.15) is 0 Å². The Kier molecular flexibility index (Phi) is 3.92. The van der Waals surface area contributed by atoms with Crippen molar-refractivity contribution in [3.8, 4) is 0 Å². The summed E-state index contributed by atoms with van der Waals surface area (Å²) in [4.78, 5) is 13.1. The molecule has 2 N–H and O–H groups in total. The van der Waals surface area contributed by atoms with Crippen LogP contribution in [0, 0.1) is 11.8 Å². The summed E-state index contributed by atoms with van der Waals surface area (Å²) in [6.45, 7) is 5.43. The van der Waals surface area contributed by atoms with E-state index in [4.69, 9.17) is 5.11 Å². The number of β-amino-alcohol motifs (C(OH)–C–C–N with tert-alkyl or cyclic N) is 1. The topological polar surface area (TPSA) is 60.8 Å². The number of carboxylic acid groups (broad SMARTS) is 1. The Morgan fingerprint density at radius 3 is 2.53 bits per heavy atom. The highest BCUT2D eigenvalue weighted by atomic mass is 16.4. The number of aliphatic carboxylic acids is 1. The molecule has 1 unspecified atom stereocenters. The average Bonchev–Trinajstić information content (AvgIpc) is 2.71. The van der Waals surface area contributed by atoms with Gasteiger partial charge in [-0.1, -0.05) is 37.3 Å². The number of carbonyl (C=O) groups is 1. The van der Waals surface area contributed by atoms with Crippen LogP contribution in [-0.2, 0) is 10.4 Å². The van der Waals surface area contributed by atoms with Crippen LogP contribution in [-0.4, -0.2) is 40.7 Å². The van der Waals surface area contributed by atoms with Crippen molar-refractivity contribution in [3.05, 3.63) is 35.9 Å². The first-order valence-corrected chi connectivity index (χ1v) is 6.63. The van der Waals surface area contributed by atoms with E-state index in [1.54, 1.807) is 6.92 Å². The smallest absolute Gasteiger partial charge is 0.308 e. The maximum absolute atomic E-state index is 11.1. The molecule has 1 fully saturated rings. The van der Waals surface area contributed by atoms with Crippen molar-refractivity contribution >= 4 is 5.97 Å². The van der Waals surface area contributed by atoms with Gasteiger partial charge in [0.15, 0.2) is 0 Å². The van der Waals surface area contributed by atoms with Crippen LogP contribution in [0.4, 0.5) is 0 Å². The Morgan fingerprint density at radius 2 is 2.00 bits per heavy atom. The maximum Gasteiger partial charge on any atom is 0.308 e. The molecule has 0 spiro atoms. The molecular formula is C15H21NO3. The first kappa shape index (κ1) is 14.0. The lowest BCUT2D eigenvalue weighted by Gasteiger charge is -2.29. The van der Waals surface area contributed by atoms with E-state index in [-0.39, 0.29) is 11.8 Å². The minimum Gasteiger partial charge on any atom is -0.481 e. The van der Waals surface area contributed by atoms with Crippen molar-refractivity contribution in [2.45, 2.75) is 19.4 Å². The van der Waals surface area contributed by atoms with Gasteiger partial charge in [0.2, 0.25) is 0 Å². The molecular weight excluding hydrogens is 242 g/mol. The predicted molar refractivity (Wildman–Crippen MR) is 72.7 cm³/mol. The van der Waals surface area contributed by atoms with Crippen molar-refractivity contribution in [1.29, 1.82) is 0 Å². The van der Waals surface area contributed by atoms with Gasteiger partial charge in [-0.25, -0.2) is 0 Å². The summed E-state index contributed by atoms with van der Waals surface area (Å²) in [5, 5.41) is 19.7. The van der Waals surface area contributed by atoms with E-state index in [9.17, 15) is 9.90 Å². The highest BCUT2D eigenvalue weighted by Gasteiger charge is 2.37. The second-order valence-electron chi connectivity index (χ2n) is 5.76. The summed E-state index contributed by atoms with van der Waals surface area (Å²) in [6, 6.07) is 9.51. The Hall–Kier alpha value is -1.39. The molecule has 1 aliphatic rings. The third-order valence-corrected chi connectivity index (χ3v) is 3.93. The van der Waals surface area contributed by atoms with E-state index in [2.05, 4.69) is 0 Å². The van der Waals surface area contributed by atoms with Gasteiger partial charge in [0.05, 0.1) is 11.5 Å². The molecule has 4 heteroatoms. The standard InChI is InChI=1S/C15H21NO3/c1-11-8-16(9-13(11)14(17)18)10-15(2,19)12-6-4-3-5-7-12/h3-7,11,13,19H,8-10H2,1-2H3,(H,17,18)/t11-,13-,15?/m1/s1. The Labute approximate surface area is 113 Å². The molecule has 1 saturated heterocycles. The number of hydrogen-bond donors (Lipinski definition) is 2. The highest BCUT2D eigenvalue weighted by Crippen LogP contribution is 2.28. The molecule has 0 radical (unpaired) electrons. The van der Waals surface area contributed by atoms with Crippen LogP contribution >= 0.6 is 0 Å². The lowest BCUT2D eigenvalue weighted by atomic mass is 9.95. The molecule has 0 amide bonds. The summed E-state index contributed by atoms with van der Waals surface area (Å²) in [7, 11) is 0. The number of benzene rings is 1. The summed E-state index contributed by atoms with van der Waals surface area (Å²) in [5.41, 5.74) is -0.0876. The second-order valence-corrected chi connectivity index (χ2v) is 5.76. The molecule has 0 bridgehead atoms. The third kappa shape index (κ3) is 3.14. The Morgan fingerprint density at radius 1 is 1.37 bits per heavy atom. The molecule has 4 nitrogen and oxygen atoms in total. The molecule has 0 saturated carbocycles. The van der Waals surface area contributed by atoms with Gasteiger partial charge >= 0.3 is 5.97 Å². The zero-order valence-corrected chi connectivity index (χ0v) is 11.4. The SMILES string of the molecule is C[C@@H]1CN(CC(C)(O)c2ccccc2)C[C@H]1C(=O)O. The predicted octanol–water partition coefficient (Wildman–Crippen LogP) is 1.55. The van der Waals surface area contributed by atoms with Gasteiger partial charge in [0.25, 0.3) is 0 Å². The maximum atomic E-state index is 11.1. The quantitative estimate of drug-likeness (QED) is 0.865. The van der Waals surface area contributed by atoms with E-state index >= 15 is 0 Å². The lowest BCUT2D eigenvalue weighted by Crippen LogP contribution is -2.38. The van der Waals surface area contributed by atoms with Crippen molar-refractivity contribution in [2.75, 3.05) is 19.6 Å². The van der Waals surface area contributed by atoms with E-state index in [1.807, 2.05) is 42.2 Å². The van der Waals surface area contributed by atoms with Gasteiger partial charge in [-0.05, 0) is 18.4 Å². The molecule has 19 heavy (non-hydrogen) atoms. The summed E-state index contributed by atoms with van der Waals surface area (Å²) in [6.07, 6.45) is 0. The van der Waals surface area contributed by atoms with Crippen molar-refractivity contribution in [3.63, 3.8) is 0 Å². The highest BCUT2D eigenvalue weighted by molar-refractivity contribution is 5.71. The van der Waals surface area contributed by atoms with Gasteiger partial charge in [-0.15, -0.1) is 0 Å². The van der Waals surface area contributed by atoms with Crippen molar-refractivity contribution in [1.82, 2.24) is 4.90 Å². The van der Waals surface area contributed by atoms with Crippen LogP contribution in [0.3, 0.4) is 0 Å². The molecule has 0 aromatic heterocycles. The number of hydrogen-bond acceptors (Lipinski definition) is 3. The third-order valence-electron chi connectivity index (χ3n) is 3.93. The van der Waals surface area contributed by atoms with Crippen LogP contribution in [0.1, 0.15) is 19.4 Å². The minimum atomic E-state index is -0.950. The lowest BCUT2D eigenvalue weighted by molar-refractivity contribution is -0.142. The largest absolute Gasteiger partial charge is 0.481 e. The number of aliphatic hydroxyl groups is 1. The zero-order chi connectivity index (χ0) is 14.0. The second kappa shape index (κ2) is 5.31. The fourth-order valence-corrected chi connectivity index (χ4v) is 2.84. The monoisotopic (exact) mass is 263 g/mol. The van der Waals surface area contributed by atoms with Gasteiger partial charge in [0.1, 0.15) is 0 Å². The van der Waals surface area contributed by atoms with Crippen LogP contribution in [0.25, 0.3) is 0 Å². The van der Waals surface area contributed by atoms with Gasteiger partial charge in [-0.3, -0.25) is 9.69 Å². The van der Waals surface area contributed by atoms with Crippen molar-refractivity contribution < 1.29 is 15.0 Å². The first-order chi connectivity index (χ1) is 8.90. The summed E-state index contributed by atoms with van der Waals surface area (Å²) < 4.78 is 0. The Bertz CT molecular complexity index is 444. The minimum absolute atomic E-state index is 0.129. The van der Waals surface area contributed by atoms with E-state index in [0.717, 1.165) is 12.1 Å². The normalized spacial score (nSPS) is 27.1. The van der Waals surface area contributed by atoms with Gasteiger partial charge < -0.3 is 10.2 Å². The number of nitrogens with zero attached hydrogens (tertiary/aromatic N) is 1. The van der Waals surface area contributed by atoms with Crippen molar-refractivity contribution in [2.24, 2.45) is 11.8 Å². The fraction of sp³-hybridized carbons (Fsp3) is 0.533. The van der Waals surface area contributed by atoms with Crippen LogP contribution < -0.4 is 0 Å². The van der Waals surface area contributed by atoms with E-state index in [1.165, 1.54) is 0 Å². The van der Waals surface area contributed by atoms with Crippen LogP contribution in [0.5, 0.6) is 0 Å². The molecule has 2 rings (SSSR count). The summed E-state index contributed by atoms with van der Waals surface area (Å²) >= 11 is 0. The molecule has 3 atom stereocenters. The molecule has 1 heterocycles. The molecule has 1 aromatic rings. The first-order valence-electron chi connectivity index (χ1n) is 6.63. The summed E-state index contributed by atoms with van der Waals surface area (Å²) in [5.74, 6) is -0.940. The number of likely N-dealkylation sites (tertiary alicyclic amines) is 1. The van der Waals surface area contributed by atoms with E-state index in [0.29, 0.717) is 13.1 Å². The number of carboxylic acids is 1. The Balaban J connectivity index is 2.04. The molecule has 1 aliphatic heterocycles. The van der Waals surface area contributed by atoms with Gasteiger partial charge in [0, 0.05) is 19.6 Å². The zero-order valence-electron chi connectivity index (χ0n) is 11.4.